The third-order valence-corrected chi connectivity index (χ3v) is 3.48. The van der Waals surface area contributed by atoms with Gasteiger partial charge < -0.3 is 10.7 Å². The lowest BCUT2D eigenvalue weighted by Gasteiger charge is -2.11. The molecule has 0 radical (unpaired) electrons. The van der Waals surface area contributed by atoms with Crippen LogP contribution in [-0.2, 0) is 0 Å². The molecule has 4 N–H and O–H groups in total. The standard InChI is InChI=1S/C12H11Cl3N4/c1-6-2-3-7(4-8(6)13)17-11-9(14)5-10(15)12(18-11)19-16/h2-5H,16H2,1H3,(H2,17,18,19). The van der Waals surface area contributed by atoms with Crippen LogP contribution in [0.1, 0.15) is 5.56 Å². The molecule has 0 saturated heterocycles. The Balaban J connectivity index is 2.34. The lowest BCUT2D eigenvalue weighted by Crippen LogP contribution is -2.10. The van der Waals surface area contributed by atoms with Crippen LogP contribution in [0.4, 0.5) is 17.3 Å². The number of anilines is 3. The number of nitrogens with one attached hydrogen (secondary N) is 2. The van der Waals surface area contributed by atoms with Gasteiger partial charge in [0.25, 0.3) is 0 Å². The van der Waals surface area contributed by atoms with Gasteiger partial charge in [-0.15, -0.1) is 0 Å². The first-order valence-electron chi connectivity index (χ1n) is 5.37. The average molecular weight is 318 g/mol. The maximum atomic E-state index is 6.07. The van der Waals surface area contributed by atoms with E-state index in [1.165, 1.54) is 0 Å². The van der Waals surface area contributed by atoms with Crippen LogP contribution < -0.4 is 16.6 Å². The van der Waals surface area contributed by atoms with Crippen LogP contribution in [0.2, 0.25) is 15.1 Å². The van der Waals surface area contributed by atoms with Crippen molar-refractivity contribution in [3.05, 3.63) is 44.9 Å². The topological polar surface area (TPSA) is 63.0 Å². The van der Waals surface area contributed by atoms with E-state index in [0.717, 1.165) is 11.3 Å². The van der Waals surface area contributed by atoms with Gasteiger partial charge in [0.15, 0.2) is 11.6 Å². The Hall–Kier alpha value is -1.20. The maximum absolute atomic E-state index is 6.07. The summed E-state index contributed by atoms with van der Waals surface area (Å²) in [6.45, 7) is 1.93. The van der Waals surface area contributed by atoms with Crippen molar-refractivity contribution in [1.82, 2.24) is 4.98 Å². The molecule has 0 unspecified atom stereocenters. The van der Waals surface area contributed by atoms with Crippen molar-refractivity contribution in [1.29, 1.82) is 0 Å². The molecule has 0 aliphatic rings. The molecule has 1 aromatic carbocycles. The Morgan fingerprint density at radius 3 is 2.32 bits per heavy atom. The van der Waals surface area contributed by atoms with Gasteiger partial charge in [-0.2, -0.15) is 0 Å². The van der Waals surface area contributed by atoms with Crippen molar-refractivity contribution in [2.45, 2.75) is 6.92 Å². The van der Waals surface area contributed by atoms with E-state index in [1.54, 1.807) is 12.1 Å². The minimum Gasteiger partial charge on any atom is -0.339 e. The van der Waals surface area contributed by atoms with Crippen LogP contribution in [-0.4, -0.2) is 4.98 Å². The van der Waals surface area contributed by atoms with E-state index < -0.39 is 0 Å². The van der Waals surface area contributed by atoms with Gasteiger partial charge in [0, 0.05) is 10.7 Å². The SMILES string of the molecule is Cc1ccc(Nc2nc(NN)c(Cl)cc2Cl)cc1Cl. The molecular formula is C12H11Cl3N4. The van der Waals surface area contributed by atoms with Crippen LogP contribution in [0, 0.1) is 6.92 Å². The van der Waals surface area contributed by atoms with Crippen molar-refractivity contribution in [3.63, 3.8) is 0 Å². The van der Waals surface area contributed by atoms with Crippen LogP contribution in [0.15, 0.2) is 24.3 Å². The molecule has 1 heterocycles. The summed E-state index contributed by atoms with van der Waals surface area (Å²) in [5, 5.41) is 4.46. The number of nitrogen functional groups attached to an aromatic ring is 1. The minimum atomic E-state index is 0.340. The van der Waals surface area contributed by atoms with Crippen LogP contribution >= 0.6 is 34.8 Å². The molecule has 0 spiro atoms. The number of nitrogens with two attached hydrogens (primary N) is 1. The van der Waals surface area contributed by atoms with Gasteiger partial charge in [0.2, 0.25) is 0 Å². The highest BCUT2D eigenvalue weighted by Gasteiger charge is 2.09. The molecule has 7 heteroatoms. The first-order chi connectivity index (χ1) is 9.01. The van der Waals surface area contributed by atoms with E-state index in [1.807, 2.05) is 19.1 Å². The molecule has 0 atom stereocenters. The van der Waals surface area contributed by atoms with Gasteiger partial charge in [0.1, 0.15) is 0 Å². The van der Waals surface area contributed by atoms with E-state index in [9.17, 15) is 0 Å². The normalized spacial score (nSPS) is 10.4. The van der Waals surface area contributed by atoms with Gasteiger partial charge in [-0.3, -0.25) is 0 Å². The number of hydrogen-bond donors (Lipinski definition) is 3. The van der Waals surface area contributed by atoms with Gasteiger partial charge in [-0.1, -0.05) is 40.9 Å². The number of hydrogen-bond acceptors (Lipinski definition) is 4. The van der Waals surface area contributed by atoms with Gasteiger partial charge in [-0.25, -0.2) is 10.8 Å². The van der Waals surface area contributed by atoms with Gasteiger partial charge >= 0.3 is 0 Å². The maximum Gasteiger partial charge on any atom is 0.161 e. The van der Waals surface area contributed by atoms with E-state index in [-0.39, 0.29) is 0 Å². The highest BCUT2D eigenvalue weighted by atomic mass is 35.5. The summed E-state index contributed by atoms with van der Waals surface area (Å²) in [6, 6.07) is 7.13. The molecule has 0 aliphatic carbocycles. The number of aryl methyl sites for hydroxylation is 1. The minimum absolute atomic E-state index is 0.340. The molecule has 2 aromatic rings. The second-order valence-corrected chi connectivity index (χ2v) is 5.10. The Morgan fingerprint density at radius 1 is 1.00 bits per heavy atom. The summed E-state index contributed by atoms with van der Waals surface area (Å²) in [6.07, 6.45) is 0. The predicted octanol–water partition coefficient (Wildman–Crippen LogP) is 4.38. The molecule has 0 aliphatic heterocycles. The van der Waals surface area contributed by atoms with Crippen molar-refractivity contribution in [2.24, 2.45) is 5.84 Å². The predicted molar refractivity (Wildman–Crippen MR) is 81.5 cm³/mol. The molecule has 19 heavy (non-hydrogen) atoms. The first kappa shape index (κ1) is 14.2. The fourth-order valence-corrected chi connectivity index (χ4v) is 2.10. The second-order valence-electron chi connectivity index (χ2n) is 3.88. The summed E-state index contributed by atoms with van der Waals surface area (Å²) in [4.78, 5) is 4.18. The fourth-order valence-electron chi connectivity index (χ4n) is 1.46. The summed E-state index contributed by atoms with van der Waals surface area (Å²) >= 11 is 18.0. The lowest BCUT2D eigenvalue weighted by atomic mass is 10.2. The number of rotatable bonds is 3. The third-order valence-electron chi connectivity index (χ3n) is 2.50. The Bertz CT molecular complexity index is 616. The number of benzene rings is 1. The Morgan fingerprint density at radius 2 is 1.68 bits per heavy atom. The third kappa shape index (κ3) is 3.22. The smallest absolute Gasteiger partial charge is 0.161 e. The highest BCUT2D eigenvalue weighted by molar-refractivity contribution is 6.37. The van der Waals surface area contributed by atoms with Crippen molar-refractivity contribution in [2.75, 3.05) is 10.7 Å². The van der Waals surface area contributed by atoms with Gasteiger partial charge in [-0.05, 0) is 30.7 Å². The van der Waals surface area contributed by atoms with Crippen LogP contribution in [0.5, 0.6) is 0 Å². The van der Waals surface area contributed by atoms with Crippen molar-refractivity contribution in [3.8, 4) is 0 Å². The number of hydrazine groups is 1. The number of pyridine rings is 1. The second kappa shape index (κ2) is 5.84. The van der Waals surface area contributed by atoms with Crippen molar-refractivity contribution < 1.29 is 0 Å². The zero-order valence-electron chi connectivity index (χ0n) is 9.97. The number of aromatic nitrogens is 1. The summed E-state index contributed by atoms with van der Waals surface area (Å²) in [5.41, 5.74) is 4.17. The lowest BCUT2D eigenvalue weighted by molar-refractivity contribution is 1.22. The Kier molecular flexibility index (Phi) is 4.37. The Labute approximate surface area is 125 Å². The number of nitrogens with zero attached hydrogens (tertiary/aromatic N) is 1. The highest BCUT2D eigenvalue weighted by Crippen LogP contribution is 2.31. The molecule has 0 saturated carbocycles. The monoisotopic (exact) mass is 316 g/mol. The number of halogens is 3. The molecule has 2 rings (SSSR count). The van der Waals surface area contributed by atoms with Gasteiger partial charge in [0.05, 0.1) is 10.0 Å². The first-order valence-corrected chi connectivity index (χ1v) is 6.50. The summed E-state index contributed by atoms with van der Waals surface area (Å²) < 4.78 is 0. The average Bonchev–Trinajstić information content (AvgIpc) is 2.37. The van der Waals surface area contributed by atoms with E-state index >= 15 is 0 Å². The molecule has 4 nitrogen and oxygen atoms in total. The summed E-state index contributed by atoms with van der Waals surface area (Å²) in [5.74, 6) is 6.10. The van der Waals surface area contributed by atoms with Crippen molar-refractivity contribution >= 4 is 52.1 Å². The van der Waals surface area contributed by atoms with E-state index in [0.29, 0.717) is 26.7 Å². The molecule has 0 fully saturated rings. The van der Waals surface area contributed by atoms with Crippen LogP contribution in [0.3, 0.4) is 0 Å². The van der Waals surface area contributed by atoms with E-state index in [4.69, 9.17) is 40.6 Å². The quantitative estimate of drug-likeness (QED) is 0.580. The zero-order chi connectivity index (χ0) is 14.0. The molecular weight excluding hydrogens is 307 g/mol. The molecule has 0 amide bonds. The molecule has 0 bridgehead atoms. The van der Waals surface area contributed by atoms with Crippen LogP contribution in [0.25, 0.3) is 0 Å². The zero-order valence-corrected chi connectivity index (χ0v) is 12.2. The fraction of sp³-hybridized carbons (Fsp3) is 0.0833. The summed E-state index contributed by atoms with van der Waals surface area (Å²) in [7, 11) is 0. The van der Waals surface area contributed by atoms with E-state index in [2.05, 4.69) is 15.7 Å². The largest absolute Gasteiger partial charge is 0.339 e. The molecule has 100 valence electrons. The molecule has 1 aromatic heterocycles.